The molecule has 10 amide bonds. The predicted molar refractivity (Wildman–Crippen MR) is 310 cm³/mol. The first-order chi connectivity index (χ1) is 40.1. The Morgan fingerprint density at radius 2 is 0.884 bits per heavy atom. The summed E-state index contributed by atoms with van der Waals surface area (Å²) in [4.78, 5) is 173. The number of nitrogens with two attached hydrogens (primary N) is 3. The molecular weight excluding hydrogens is 1130 g/mol. The van der Waals surface area contributed by atoms with E-state index in [0.717, 1.165) is 0 Å². The fourth-order valence-corrected chi connectivity index (χ4v) is 8.56. The van der Waals surface area contributed by atoms with Gasteiger partial charge in [-0.2, -0.15) is 0 Å². The molecule has 0 unspecified atom stereocenters. The van der Waals surface area contributed by atoms with Crippen molar-refractivity contribution >= 4 is 77.0 Å². The Morgan fingerprint density at radius 1 is 0.488 bits per heavy atom. The molecule has 12 atom stereocenters. The molecule has 1 aromatic carbocycles. The number of carboxylic acids is 3. The minimum absolute atomic E-state index is 0.0801. The first-order valence-corrected chi connectivity index (χ1v) is 28.7. The van der Waals surface area contributed by atoms with Gasteiger partial charge in [0.25, 0.3) is 0 Å². The summed E-state index contributed by atoms with van der Waals surface area (Å²) in [6, 6.07) is -10.1. The monoisotopic (exact) mass is 1220 g/mol. The summed E-state index contributed by atoms with van der Waals surface area (Å²) >= 11 is 0. The first kappa shape index (κ1) is 76.0. The molecule has 0 saturated heterocycles. The summed E-state index contributed by atoms with van der Waals surface area (Å²) in [5, 5.41) is 71.2. The quantitative estimate of drug-likeness (QED) is 0.0304. The molecule has 0 saturated carbocycles. The number of carbonyl (C=O) groups is 13. The number of phenolic OH excluding ortho intramolecular Hbond substituents is 1. The molecule has 1 rings (SSSR count). The van der Waals surface area contributed by atoms with Gasteiger partial charge in [-0.15, -0.1) is 0 Å². The number of aromatic hydroxyl groups is 1. The van der Waals surface area contributed by atoms with Crippen LogP contribution < -0.4 is 65.1 Å². The van der Waals surface area contributed by atoms with Crippen LogP contribution in [0.3, 0.4) is 0 Å². The Labute approximate surface area is 500 Å². The molecule has 0 bridgehead atoms. The molecule has 0 radical (unpaired) electrons. The number of aliphatic carboxylic acids is 3. The first-order valence-electron chi connectivity index (χ1n) is 28.7. The van der Waals surface area contributed by atoms with Crippen LogP contribution in [0, 0.1) is 23.7 Å². The summed E-state index contributed by atoms with van der Waals surface area (Å²) in [6.07, 6.45) is -4.33. The SMILES string of the molecule is CC[C@H](C)[C@H](NC(=O)[C@H](CCC(=O)O)NC(=O)[C@H](Cc1ccc(O)cc1)NC(=O)[C@H](CC(N)=O)NC(=O)[C@@H](N)[C@@H](C)O)C(=O)N[C@@H](CCC(=O)O)C(=O)N[C@@H](CCCCN)C(=O)N[C@H](C(=O)N[C@@H](CC(C)C)C(=O)N[C@@H](CC(C)C)C(=O)O)C(C)C. The fraction of sp³-hybridized carbons (Fsp3) is 0.661. The second-order valence-electron chi connectivity index (χ2n) is 22.6. The van der Waals surface area contributed by atoms with Gasteiger partial charge in [0.05, 0.1) is 12.5 Å². The zero-order chi connectivity index (χ0) is 65.7. The third-order valence-electron chi connectivity index (χ3n) is 13.7. The second-order valence-corrected chi connectivity index (χ2v) is 22.6. The highest BCUT2D eigenvalue weighted by molar-refractivity contribution is 5.99. The van der Waals surface area contributed by atoms with Gasteiger partial charge in [-0.1, -0.05) is 73.9 Å². The number of hydrogen-bond donors (Lipinski definition) is 17. The third-order valence-corrected chi connectivity index (χ3v) is 13.7. The van der Waals surface area contributed by atoms with E-state index in [9.17, 15) is 87.9 Å². The van der Waals surface area contributed by atoms with E-state index in [4.69, 9.17) is 17.2 Å². The van der Waals surface area contributed by atoms with Gasteiger partial charge in [0.2, 0.25) is 59.1 Å². The van der Waals surface area contributed by atoms with E-state index < -0.39 is 187 Å². The number of aliphatic hydroxyl groups excluding tert-OH is 1. The van der Waals surface area contributed by atoms with Gasteiger partial charge in [-0.3, -0.25) is 57.5 Å². The van der Waals surface area contributed by atoms with Gasteiger partial charge in [0, 0.05) is 19.3 Å². The van der Waals surface area contributed by atoms with E-state index in [1.54, 1.807) is 48.5 Å². The third kappa shape index (κ3) is 28.3. The Morgan fingerprint density at radius 3 is 1.34 bits per heavy atom. The summed E-state index contributed by atoms with van der Waals surface area (Å²) < 4.78 is 0. The fourth-order valence-electron chi connectivity index (χ4n) is 8.56. The zero-order valence-electron chi connectivity index (χ0n) is 50.4. The molecule has 20 N–H and O–H groups in total. The molecule has 30 heteroatoms. The van der Waals surface area contributed by atoms with Crippen LogP contribution in [0.2, 0.25) is 0 Å². The van der Waals surface area contributed by atoms with Gasteiger partial charge in [-0.05, 0) is 99.8 Å². The lowest BCUT2D eigenvalue weighted by Gasteiger charge is -2.30. The molecule has 30 nitrogen and oxygen atoms in total. The summed E-state index contributed by atoms with van der Waals surface area (Å²) in [5.41, 5.74) is 17.1. The number of phenols is 1. The van der Waals surface area contributed by atoms with Crippen molar-refractivity contribution in [2.24, 2.45) is 40.9 Å². The molecule has 0 spiro atoms. The largest absolute Gasteiger partial charge is 0.508 e. The number of benzene rings is 1. The van der Waals surface area contributed by atoms with E-state index in [-0.39, 0.29) is 62.7 Å². The number of nitrogens with one attached hydrogen (secondary N) is 9. The Bertz CT molecular complexity index is 2480. The van der Waals surface area contributed by atoms with Crippen molar-refractivity contribution in [2.45, 2.75) is 206 Å². The number of unbranched alkanes of at least 4 members (excludes halogenated alkanes) is 1. The average molecular weight is 1220 g/mol. The number of aliphatic hydroxyl groups is 1. The molecule has 0 aliphatic heterocycles. The Hall–Kier alpha value is -7.99. The second kappa shape index (κ2) is 38.1. The van der Waals surface area contributed by atoms with Gasteiger partial charge in [0.15, 0.2) is 0 Å². The number of rotatable bonds is 41. The maximum absolute atomic E-state index is 14.4. The maximum atomic E-state index is 14.4. The maximum Gasteiger partial charge on any atom is 0.326 e. The van der Waals surface area contributed by atoms with Crippen LogP contribution in [0.15, 0.2) is 24.3 Å². The number of amides is 10. The van der Waals surface area contributed by atoms with Crippen molar-refractivity contribution in [3.05, 3.63) is 29.8 Å². The van der Waals surface area contributed by atoms with Crippen molar-refractivity contribution in [3.63, 3.8) is 0 Å². The van der Waals surface area contributed by atoms with Gasteiger partial charge in [-0.25, -0.2) is 4.79 Å². The molecule has 0 fully saturated rings. The van der Waals surface area contributed by atoms with E-state index >= 15 is 0 Å². The van der Waals surface area contributed by atoms with Crippen LogP contribution in [0.4, 0.5) is 0 Å². The molecular formula is C56H92N12O18. The molecule has 0 aliphatic rings. The average Bonchev–Trinajstić information content (AvgIpc) is 2.37. The lowest BCUT2D eigenvalue weighted by molar-refractivity contribution is -0.143. The van der Waals surface area contributed by atoms with Crippen molar-refractivity contribution < 1.29 is 87.9 Å². The minimum atomic E-state index is -1.78. The van der Waals surface area contributed by atoms with Crippen LogP contribution in [0.25, 0.3) is 0 Å². The molecule has 1 aromatic rings. The van der Waals surface area contributed by atoms with Crippen molar-refractivity contribution in [3.8, 4) is 5.75 Å². The van der Waals surface area contributed by atoms with Gasteiger partial charge >= 0.3 is 17.9 Å². The zero-order valence-corrected chi connectivity index (χ0v) is 50.4. The van der Waals surface area contributed by atoms with Crippen LogP contribution in [-0.2, 0) is 68.7 Å². The van der Waals surface area contributed by atoms with Gasteiger partial charge < -0.3 is 90.6 Å². The standard InChI is InChI=1S/C56H92N12O18/c1-10-30(8)46(68-49(78)36(19-21-43(74)75)61-51(80)38(25-32-14-16-33(70)17-15-32)63-52(81)39(26-41(58)71)64-53(82)44(59)31(9)69)55(84)62-35(18-20-42(72)73)47(76)60-34(13-11-12-22-57)48(77)67-45(29(6)7)54(83)65-37(23-27(2)3)50(79)66-40(56(85)86)24-28(4)5/h14-17,27-31,34-40,44-46,69-70H,10-13,18-26,57,59H2,1-9H3,(H2,58,71)(H,60,76)(H,61,80)(H,62,84)(H,63,81)(H,64,82)(H,65,83)(H,66,79)(H,67,77)(H,68,78)(H,72,73)(H,74,75)(H,85,86)/t30-,31+,34-,35-,36-,37-,38-,39-,40-,44-,45-,46-/m0/s1. The number of hydrogen-bond acceptors (Lipinski definition) is 17. The number of carbonyl (C=O) groups excluding carboxylic acids is 10. The molecule has 484 valence electrons. The highest BCUT2D eigenvalue weighted by Crippen LogP contribution is 2.16. The van der Waals surface area contributed by atoms with Gasteiger partial charge in [0.1, 0.15) is 66.2 Å². The van der Waals surface area contributed by atoms with E-state index in [1.165, 1.54) is 38.1 Å². The predicted octanol–water partition coefficient (Wildman–Crippen LogP) is -2.38. The highest BCUT2D eigenvalue weighted by atomic mass is 16.4. The highest BCUT2D eigenvalue weighted by Gasteiger charge is 2.38. The Kier molecular flexibility index (Phi) is 33.7. The van der Waals surface area contributed by atoms with Crippen LogP contribution in [-0.4, -0.2) is 176 Å². The van der Waals surface area contributed by atoms with Crippen molar-refractivity contribution in [2.75, 3.05) is 6.54 Å². The smallest absolute Gasteiger partial charge is 0.326 e. The van der Waals surface area contributed by atoms with E-state index in [1.807, 2.05) is 0 Å². The number of primary amides is 1. The van der Waals surface area contributed by atoms with E-state index in [0.29, 0.717) is 12.0 Å². The topological polar surface area (TPSA) is 509 Å². The molecule has 86 heavy (non-hydrogen) atoms. The van der Waals surface area contributed by atoms with Crippen molar-refractivity contribution in [1.29, 1.82) is 0 Å². The van der Waals surface area contributed by atoms with Crippen molar-refractivity contribution in [1.82, 2.24) is 47.9 Å². The molecule has 0 aromatic heterocycles. The van der Waals surface area contributed by atoms with Crippen LogP contribution >= 0.6 is 0 Å². The lowest BCUT2D eigenvalue weighted by atomic mass is 9.96. The van der Waals surface area contributed by atoms with E-state index in [2.05, 4.69) is 47.9 Å². The van der Waals surface area contributed by atoms with Crippen LogP contribution in [0.5, 0.6) is 5.75 Å². The number of carboxylic acid groups (broad SMARTS) is 3. The molecule has 0 heterocycles. The minimum Gasteiger partial charge on any atom is -0.508 e. The Balaban J connectivity index is 3.69. The lowest BCUT2D eigenvalue weighted by Crippen LogP contribution is -2.62. The summed E-state index contributed by atoms with van der Waals surface area (Å²) in [7, 11) is 0. The molecule has 0 aliphatic carbocycles. The normalized spacial score (nSPS) is 15.5. The summed E-state index contributed by atoms with van der Waals surface area (Å²) in [6.45, 7) is 14.9. The summed E-state index contributed by atoms with van der Waals surface area (Å²) in [5.74, 6) is -16.1. The van der Waals surface area contributed by atoms with Crippen LogP contribution in [0.1, 0.15) is 139 Å².